The standard InChI is InChI=1S/C10H22N2/c1-2-3-4-5-7-12-8-6-10(12)9-11/h10H,2-9,11H2,1H3. The van der Waals surface area contributed by atoms with Crippen LogP contribution >= 0.6 is 0 Å². The minimum Gasteiger partial charge on any atom is -0.329 e. The molecule has 2 nitrogen and oxygen atoms in total. The summed E-state index contributed by atoms with van der Waals surface area (Å²) in [5, 5.41) is 0. The second kappa shape index (κ2) is 5.55. The molecule has 2 N–H and O–H groups in total. The highest BCUT2D eigenvalue weighted by Gasteiger charge is 2.25. The van der Waals surface area contributed by atoms with E-state index in [9.17, 15) is 0 Å². The predicted octanol–water partition coefficient (Wildman–Crippen LogP) is 1.60. The number of nitrogens with zero attached hydrogens (tertiary/aromatic N) is 1. The predicted molar refractivity (Wildman–Crippen MR) is 53.2 cm³/mol. The Morgan fingerprint density at radius 2 is 2.17 bits per heavy atom. The van der Waals surface area contributed by atoms with E-state index in [1.807, 2.05) is 0 Å². The van der Waals surface area contributed by atoms with Crippen molar-refractivity contribution in [3.8, 4) is 0 Å². The Bertz CT molecular complexity index is 112. The van der Waals surface area contributed by atoms with Gasteiger partial charge >= 0.3 is 0 Å². The maximum atomic E-state index is 5.61. The molecule has 1 aliphatic heterocycles. The minimum absolute atomic E-state index is 0.714. The van der Waals surface area contributed by atoms with Gasteiger partial charge in [0.15, 0.2) is 0 Å². The second-order valence-corrected chi connectivity index (χ2v) is 3.77. The molecule has 0 saturated carbocycles. The lowest BCUT2D eigenvalue weighted by atomic mass is 10.0. The highest BCUT2D eigenvalue weighted by molar-refractivity contribution is 4.82. The van der Waals surface area contributed by atoms with Crippen LogP contribution in [0.4, 0.5) is 0 Å². The van der Waals surface area contributed by atoms with Crippen molar-refractivity contribution >= 4 is 0 Å². The number of hydrogen-bond acceptors (Lipinski definition) is 2. The van der Waals surface area contributed by atoms with Crippen LogP contribution < -0.4 is 5.73 Å². The van der Waals surface area contributed by atoms with Gasteiger partial charge in [-0.25, -0.2) is 0 Å². The normalized spacial score (nSPS) is 24.0. The SMILES string of the molecule is CCCCCCN1CCC1CN. The molecule has 0 radical (unpaired) electrons. The molecule has 1 unspecified atom stereocenters. The van der Waals surface area contributed by atoms with Crippen LogP contribution in [0.15, 0.2) is 0 Å². The van der Waals surface area contributed by atoms with Crippen molar-refractivity contribution in [1.82, 2.24) is 4.90 Å². The summed E-state index contributed by atoms with van der Waals surface area (Å²) in [7, 11) is 0. The molecule has 0 bridgehead atoms. The molecule has 72 valence electrons. The zero-order chi connectivity index (χ0) is 8.81. The fraction of sp³-hybridized carbons (Fsp3) is 1.00. The molecule has 0 aromatic carbocycles. The van der Waals surface area contributed by atoms with Crippen molar-refractivity contribution < 1.29 is 0 Å². The lowest BCUT2D eigenvalue weighted by Gasteiger charge is -2.40. The van der Waals surface area contributed by atoms with Crippen LogP contribution in [0.5, 0.6) is 0 Å². The molecule has 0 aliphatic carbocycles. The van der Waals surface area contributed by atoms with Crippen molar-refractivity contribution in [2.45, 2.75) is 45.1 Å². The summed E-state index contributed by atoms with van der Waals surface area (Å²) in [5.74, 6) is 0. The minimum atomic E-state index is 0.714. The number of nitrogens with two attached hydrogens (primary N) is 1. The quantitative estimate of drug-likeness (QED) is 0.613. The molecule has 1 heterocycles. The topological polar surface area (TPSA) is 29.3 Å². The van der Waals surface area contributed by atoms with E-state index in [1.165, 1.54) is 45.2 Å². The van der Waals surface area contributed by atoms with E-state index < -0.39 is 0 Å². The second-order valence-electron chi connectivity index (χ2n) is 3.77. The molecule has 0 amide bonds. The summed E-state index contributed by atoms with van der Waals surface area (Å²) >= 11 is 0. The highest BCUT2D eigenvalue weighted by atomic mass is 15.2. The lowest BCUT2D eigenvalue weighted by Crippen LogP contribution is -2.51. The van der Waals surface area contributed by atoms with Crippen molar-refractivity contribution in [2.75, 3.05) is 19.6 Å². The first kappa shape index (κ1) is 10.0. The van der Waals surface area contributed by atoms with Gasteiger partial charge in [0.2, 0.25) is 0 Å². The summed E-state index contributed by atoms with van der Waals surface area (Å²) in [4.78, 5) is 2.52. The summed E-state index contributed by atoms with van der Waals surface area (Å²) < 4.78 is 0. The summed E-state index contributed by atoms with van der Waals surface area (Å²) in [6.45, 7) is 5.68. The van der Waals surface area contributed by atoms with Gasteiger partial charge in [-0.2, -0.15) is 0 Å². The van der Waals surface area contributed by atoms with Gasteiger partial charge in [-0.3, -0.25) is 4.90 Å². The number of unbranched alkanes of at least 4 members (excludes halogenated alkanes) is 3. The zero-order valence-electron chi connectivity index (χ0n) is 8.26. The van der Waals surface area contributed by atoms with E-state index in [2.05, 4.69) is 11.8 Å². The molecule has 0 spiro atoms. The first-order valence-corrected chi connectivity index (χ1v) is 5.32. The Hall–Kier alpha value is -0.0800. The molecule has 1 aliphatic rings. The van der Waals surface area contributed by atoms with Crippen molar-refractivity contribution in [1.29, 1.82) is 0 Å². The van der Waals surface area contributed by atoms with Crippen LogP contribution in [0.3, 0.4) is 0 Å². The monoisotopic (exact) mass is 170 g/mol. The van der Waals surface area contributed by atoms with Crippen molar-refractivity contribution in [3.05, 3.63) is 0 Å². The molecule has 2 heteroatoms. The van der Waals surface area contributed by atoms with Crippen LogP contribution in [0, 0.1) is 0 Å². The fourth-order valence-corrected chi connectivity index (χ4v) is 1.80. The van der Waals surface area contributed by atoms with Crippen molar-refractivity contribution in [3.63, 3.8) is 0 Å². The van der Waals surface area contributed by atoms with Crippen LogP contribution in [0.25, 0.3) is 0 Å². The summed E-state index contributed by atoms with van der Waals surface area (Å²) in [6.07, 6.45) is 6.81. The number of hydrogen-bond donors (Lipinski definition) is 1. The number of likely N-dealkylation sites (tertiary alicyclic amines) is 1. The molecule has 1 saturated heterocycles. The first-order valence-electron chi connectivity index (χ1n) is 5.32. The average molecular weight is 170 g/mol. The Labute approximate surface area is 76.1 Å². The molecule has 1 fully saturated rings. The van der Waals surface area contributed by atoms with Gasteiger partial charge in [0.05, 0.1) is 0 Å². The van der Waals surface area contributed by atoms with Gasteiger partial charge in [0, 0.05) is 19.1 Å². The van der Waals surface area contributed by atoms with Crippen LogP contribution in [0.2, 0.25) is 0 Å². The zero-order valence-corrected chi connectivity index (χ0v) is 8.26. The molecule has 12 heavy (non-hydrogen) atoms. The maximum absolute atomic E-state index is 5.61. The van der Waals surface area contributed by atoms with E-state index >= 15 is 0 Å². The molecule has 0 aromatic rings. The van der Waals surface area contributed by atoms with Crippen LogP contribution in [-0.2, 0) is 0 Å². The third kappa shape index (κ3) is 2.76. The number of rotatable bonds is 6. The third-order valence-corrected chi connectivity index (χ3v) is 2.84. The van der Waals surface area contributed by atoms with Gasteiger partial charge < -0.3 is 5.73 Å². The molecular weight excluding hydrogens is 148 g/mol. The van der Waals surface area contributed by atoms with E-state index in [0.29, 0.717) is 6.04 Å². The lowest BCUT2D eigenvalue weighted by molar-refractivity contribution is 0.0946. The van der Waals surface area contributed by atoms with E-state index in [4.69, 9.17) is 5.73 Å². The Morgan fingerprint density at radius 1 is 1.33 bits per heavy atom. The molecule has 0 aromatic heterocycles. The Kier molecular flexibility index (Phi) is 4.62. The van der Waals surface area contributed by atoms with Crippen LogP contribution in [0.1, 0.15) is 39.0 Å². The molecular formula is C10H22N2. The van der Waals surface area contributed by atoms with E-state index in [0.717, 1.165) is 6.54 Å². The van der Waals surface area contributed by atoms with Gasteiger partial charge in [0.1, 0.15) is 0 Å². The Morgan fingerprint density at radius 3 is 2.67 bits per heavy atom. The molecule has 1 atom stereocenters. The van der Waals surface area contributed by atoms with E-state index in [-0.39, 0.29) is 0 Å². The summed E-state index contributed by atoms with van der Waals surface area (Å²) in [6, 6.07) is 0.714. The van der Waals surface area contributed by atoms with Gasteiger partial charge in [0.25, 0.3) is 0 Å². The largest absolute Gasteiger partial charge is 0.329 e. The van der Waals surface area contributed by atoms with Crippen molar-refractivity contribution in [2.24, 2.45) is 5.73 Å². The fourth-order valence-electron chi connectivity index (χ4n) is 1.80. The van der Waals surface area contributed by atoms with Crippen LogP contribution in [-0.4, -0.2) is 30.6 Å². The smallest absolute Gasteiger partial charge is 0.0230 e. The summed E-state index contributed by atoms with van der Waals surface area (Å²) in [5.41, 5.74) is 5.61. The average Bonchev–Trinajstić information content (AvgIpc) is 2.03. The third-order valence-electron chi connectivity index (χ3n) is 2.84. The van der Waals surface area contributed by atoms with Gasteiger partial charge in [-0.1, -0.05) is 26.2 Å². The highest BCUT2D eigenvalue weighted by Crippen LogP contribution is 2.16. The maximum Gasteiger partial charge on any atom is 0.0230 e. The van der Waals surface area contributed by atoms with Gasteiger partial charge in [-0.15, -0.1) is 0 Å². The Balaban J connectivity index is 1.93. The first-order chi connectivity index (χ1) is 5.88. The van der Waals surface area contributed by atoms with Gasteiger partial charge in [-0.05, 0) is 19.4 Å². The van der Waals surface area contributed by atoms with E-state index in [1.54, 1.807) is 0 Å². The molecule has 1 rings (SSSR count).